The molecule has 0 amide bonds. The lowest BCUT2D eigenvalue weighted by Gasteiger charge is -2.39. The van der Waals surface area contributed by atoms with Crippen LogP contribution in [0.3, 0.4) is 0 Å². The standard InChI is InChI=1S/C16H27N3/c1-4-17-14(3)16-10-5-6-11-19(16)12-15-9-7-8-13(2)18-15/h7-9,14,16-17H,4-6,10-12H2,1-3H3. The summed E-state index contributed by atoms with van der Waals surface area (Å²) in [6, 6.07) is 7.55. The van der Waals surface area contributed by atoms with Crippen LogP contribution < -0.4 is 5.32 Å². The van der Waals surface area contributed by atoms with Gasteiger partial charge in [0.1, 0.15) is 0 Å². The second-order valence-corrected chi connectivity index (χ2v) is 5.65. The Morgan fingerprint density at radius 1 is 1.42 bits per heavy atom. The SMILES string of the molecule is CCNC(C)C1CCCCN1Cc1cccc(C)n1. The van der Waals surface area contributed by atoms with Gasteiger partial charge in [0, 0.05) is 24.3 Å². The van der Waals surface area contributed by atoms with E-state index in [-0.39, 0.29) is 0 Å². The van der Waals surface area contributed by atoms with Crippen LogP contribution in [0.2, 0.25) is 0 Å². The Hall–Kier alpha value is -0.930. The summed E-state index contributed by atoms with van der Waals surface area (Å²) in [5.74, 6) is 0. The molecule has 3 nitrogen and oxygen atoms in total. The second kappa shape index (κ2) is 7.01. The van der Waals surface area contributed by atoms with Crippen LogP contribution in [-0.2, 0) is 6.54 Å². The molecule has 1 aromatic rings. The van der Waals surface area contributed by atoms with E-state index in [1.807, 2.05) is 0 Å². The van der Waals surface area contributed by atoms with Crippen LogP contribution in [0.5, 0.6) is 0 Å². The molecule has 1 aliphatic heterocycles. The molecule has 1 N–H and O–H groups in total. The van der Waals surface area contributed by atoms with E-state index in [9.17, 15) is 0 Å². The number of nitrogens with one attached hydrogen (secondary N) is 1. The monoisotopic (exact) mass is 261 g/mol. The molecule has 2 heterocycles. The highest BCUT2D eigenvalue weighted by Gasteiger charge is 2.26. The van der Waals surface area contributed by atoms with Crippen LogP contribution in [0.4, 0.5) is 0 Å². The van der Waals surface area contributed by atoms with Crippen molar-refractivity contribution in [1.82, 2.24) is 15.2 Å². The van der Waals surface area contributed by atoms with E-state index >= 15 is 0 Å². The molecule has 19 heavy (non-hydrogen) atoms. The van der Waals surface area contributed by atoms with Crippen molar-refractivity contribution in [2.45, 2.75) is 58.7 Å². The number of aromatic nitrogens is 1. The highest BCUT2D eigenvalue weighted by Crippen LogP contribution is 2.21. The molecule has 0 radical (unpaired) electrons. The van der Waals surface area contributed by atoms with Gasteiger partial charge in [-0.25, -0.2) is 0 Å². The normalized spacial score (nSPS) is 22.4. The van der Waals surface area contributed by atoms with Crippen LogP contribution >= 0.6 is 0 Å². The minimum absolute atomic E-state index is 0.565. The fourth-order valence-corrected chi connectivity index (χ4v) is 3.13. The second-order valence-electron chi connectivity index (χ2n) is 5.65. The number of rotatable bonds is 5. The lowest BCUT2D eigenvalue weighted by molar-refractivity contribution is 0.111. The van der Waals surface area contributed by atoms with Gasteiger partial charge < -0.3 is 5.32 Å². The highest BCUT2D eigenvalue weighted by molar-refractivity contribution is 5.10. The first-order valence-electron chi connectivity index (χ1n) is 7.60. The van der Waals surface area contributed by atoms with Crippen LogP contribution in [0.25, 0.3) is 0 Å². The summed E-state index contributed by atoms with van der Waals surface area (Å²) in [5, 5.41) is 3.58. The van der Waals surface area contributed by atoms with E-state index in [4.69, 9.17) is 0 Å². The summed E-state index contributed by atoms with van der Waals surface area (Å²) >= 11 is 0. The van der Waals surface area contributed by atoms with Crippen LogP contribution in [-0.4, -0.2) is 35.1 Å². The molecular formula is C16H27N3. The van der Waals surface area contributed by atoms with Gasteiger partial charge in [-0.05, 0) is 51.9 Å². The van der Waals surface area contributed by atoms with Gasteiger partial charge in [-0.3, -0.25) is 9.88 Å². The van der Waals surface area contributed by atoms with Crippen molar-refractivity contribution in [2.75, 3.05) is 13.1 Å². The van der Waals surface area contributed by atoms with Crippen molar-refractivity contribution < 1.29 is 0 Å². The minimum Gasteiger partial charge on any atom is -0.313 e. The molecule has 0 spiro atoms. The van der Waals surface area contributed by atoms with Gasteiger partial charge in [0.25, 0.3) is 0 Å². The molecular weight excluding hydrogens is 234 g/mol. The Morgan fingerprint density at radius 2 is 2.26 bits per heavy atom. The van der Waals surface area contributed by atoms with Crippen LogP contribution in [0.1, 0.15) is 44.5 Å². The average molecular weight is 261 g/mol. The smallest absolute Gasteiger partial charge is 0.0547 e. The lowest BCUT2D eigenvalue weighted by atomic mass is 9.96. The quantitative estimate of drug-likeness (QED) is 0.883. The van der Waals surface area contributed by atoms with E-state index in [0.717, 1.165) is 18.8 Å². The van der Waals surface area contributed by atoms with Gasteiger partial charge in [-0.1, -0.05) is 19.4 Å². The lowest BCUT2D eigenvalue weighted by Crippen LogP contribution is -2.50. The number of aryl methyl sites for hydroxylation is 1. The van der Waals surface area contributed by atoms with Gasteiger partial charge >= 0.3 is 0 Å². The Bertz CT molecular complexity index is 391. The zero-order valence-electron chi connectivity index (χ0n) is 12.5. The summed E-state index contributed by atoms with van der Waals surface area (Å²) in [6.45, 7) is 9.81. The maximum Gasteiger partial charge on any atom is 0.0547 e. The summed E-state index contributed by atoms with van der Waals surface area (Å²) < 4.78 is 0. The van der Waals surface area contributed by atoms with Gasteiger partial charge in [-0.15, -0.1) is 0 Å². The molecule has 0 saturated carbocycles. The molecule has 106 valence electrons. The first-order valence-corrected chi connectivity index (χ1v) is 7.60. The fraction of sp³-hybridized carbons (Fsp3) is 0.688. The topological polar surface area (TPSA) is 28.2 Å². The van der Waals surface area contributed by atoms with Gasteiger partial charge in [0.05, 0.1) is 5.69 Å². The van der Waals surface area contributed by atoms with Crippen LogP contribution in [0.15, 0.2) is 18.2 Å². The molecule has 2 unspecified atom stereocenters. The first kappa shape index (κ1) is 14.5. The molecule has 3 heteroatoms. The number of piperidine rings is 1. The zero-order chi connectivity index (χ0) is 13.7. The van der Waals surface area contributed by atoms with Crippen LogP contribution in [0, 0.1) is 6.92 Å². The molecule has 0 aliphatic carbocycles. The fourth-order valence-electron chi connectivity index (χ4n) is 3.13. The Morgan fingerprint density at radius 3 is 3.00 bits per heavy atom. The molecule has 1 fully saturated rings. The van der Waals surface area contributed by atoms with Crippen molar-refractivity contribution >= 4 is 0 Å². The van der Waals surface area contributed by atoms with E-state index in [1.54, 1.807) is 0 Å². The Labute approximate surface area is 117 Å². The van der Waals surface area contributed by atoms with Gasteiger partial charge in [0.15, 0.2) is 0 Å². The Kier molecular flexibility index (Phi) is 5.34. The number of likely N-dealkylation sites (tertiary alicyclic amines) is 1. The van der Waals surface area contributed by atoms with Crippen molar-refractivity contribution in [3.8, 4) is 0 Å². The van der Waals surface area contributed by atoms with E-state index < -0.39 is 0 Å². The summed E-state index contributed by atoms with van der Waals surface area (Å²) in [5.41, 5.74) is 2.32. The van der Waals surface area contributed by atoms with Crippen molar-refractivity contribution in [1.29, 1.82) is 0 Å². The number of hydrogen-bond donors (Lipinski definition) is 1. The zero-order valence-corrected chi connectivity index (χ0v) is 12.5. The maximum absolute atomic E-state index is 4.64. The molecule has 1 aliphatic rings. The number of nitrogens with zero attached hydrogens (tertiary/aromatic N) is 2. The number of likely N-dealkylation sites (N-methyl/N-ethyl adjacent to an activating group) is 1. The maximum atomic E-state index is 4.64. The highest BCUT2D eigenvalue weighted by atomic mass is 15.2. The van der Waals surface area contributed by atoms with Gasteiger partial charge in [0.2, 0.25) is 0 Å². The molecule has 2 atom stereocenters. The van der Waals surface area contributed by atoms with Crippen molar-refractivity contribution in [3.05, 3.63) is 29.6 Å². The predicted molar refractivity (Wildman–Crippen MR) is 80.2 cm³/mol. The third-order valence-electron chi connectivity index (χ3n) is 4.08. The largest absolute Gasteiger partial charge is 0.313 e. The molecule has 2 rings (SSSR count). The predicted octanol–water partition coefficient (Wildman–Crippen LogP) is 2.74. The number of pyridine rings is 1. The van der Waals surface area contributed by atoms with E-state index in [2.05, 4.69) is 54.2 Å². The molecule has 0 bridgehead atoms. The third kappa shape index (κ3) is 4.02. The first-order chi connectivity index (χ1) is 9.20. The van der Waals surface area contributed by atoms with Crippen molar-refractivity contribution in [2.24, 2.45) is 0 Å². The molecule has 0 aromatic carbocycles. The third-order valence-corrected chi connectivity index (χ3v) is 4.08. The minimum atomic E-state index is 0.565. The average Bonchev–Trinajstić information content (AvgIpc) is 2.39. The summed E-state index contributed by atoms with van der Waals surface area (Å²) in [6.07, 6.45) is 3.99. The van der Waals surface area contributed by atoms with Crippen molar-refractivity contribution in [3.63, 3.8) is 0 Å². The summed E-state index contributed by atoms with van der Waals surface area (Å²) in [7, 11) is 0. The number of hydrogen-bond acceptors (Lipinski definition) is 3. The van der Waals surface area contributed by atoms with Gasteiger partial charge in [-0.2, -0.15) is 0 Å². The van der Waals surface area contributed by atoms with E-state index in [0.29, 0.717) is 12.1 Å². The molecule has 1 saturated heterocycles. The molecule has 1 aromatic heterocycles. The Balaban J connectivity index is 2.03. The van der Waals surface area contributed by atoms with E-state index in [1.165, 1.54) is 31.5 Å². The summed E-state index contributed by atoms with van der Waals surface area (Å²) in [4.78, 5) is 7.25.